The molecule has 3 nitrogen and oxygen atoms in total. The third-order valence-corrected chi connectivity index (χ3v) is 3.66. The Labute approximate surface area is 108 Å². The smallest absolute Gasteiger partial charge is 0.169 e. The van der Waals surface area contributed by atoms with Crippen molar-refractivity contribution in [1.29, 1.82) is 0 Å². The number of nitrogens with zero attached hydrogens (tertiary/aromatic N) is 1. The summed E-state index contributed by atoms with van der Waals surface area (Å²) in [7, 11) is 3.49. The van der Waals surface area contributed by atoms with Crippen molar-refractivity contribution in [1.82, 2.24) is 4.90 Å². The normalized spacial score (nSPS) is 16.9. The van der Waals surface area contributed by atoms with Crippen molar-refractivity contribution in [3.8, 4) is 5.75 Å². The summed E-state index contributed by atoms with van der Waals surface area (Å²) in [5.74, 6) is 0.726. The van der Waals surface area contributed by atoms with Gasteiger partial charge in [-0.1, -0.05) is 12.1 Å². The zero-order valence-corrected chi connectivity index (χ0v) is 11.0. The summed E-state index contributed by atoms with van der Waals surface area (Å²) in [6.45, 7) is 1.20. The lowest BCUT2D eigenvalue weighted by molar-refractivity contribution is 0.212. The van der Waals surface area contributed by atoms with Crippen molar-refractivity contribution in [2.24, 2.45) is 11.7 Å². The number of likely N-dealkylation sites (N-methyl/N-ethyl adjacent to an activating group) is 1. The Morgan fingerprint density at radius 3 is 2.78 bits per heavy atom. The molecule has 1 aliphatic carbocycles. The molecular formula is C14H21FN2O. The van der Waals surface area contributed by atoms with Gasteiger partial charge in [-0.25, -0.2) is 4.39 Å². The van der Waals surface area contributed by atoms with Crippen molar-refractivity contribution in [3.05, 3.63) is 29.6 Å². The third kappa shape index (κ3) is 2.82. The van der Waals surface area contributed by atoms with E-state index >= 15 is 0 Å². The summed E-state index contributed by atoms with van der Waals surface area (Å²) in [6, 6.07) is 5.62. The minimum absolute atomic E-state index is 0.265. The van der Waals surface area contributed by atoms with Crippen molar-refractivity contribution in [3.63, 3.8) is 0 Å². The van der Waals surface area contributed by atoms with E-state index in [9.17, 15) is 4.39 Å². The molecule has 1 atom stereocenters. The van der Waals surface area contributed by atoms with Crippen LogP contribution in [0.3, 0.4) is 0 Å². The highest BCUT2D eigenvalue weighted by Crippen LogP contribution is 2.35. The minimum atomic E-state index is -0.265. The Kier molecular flexibility index (Phi) is 4.19. The fourth-order valence-corrected chi connectivity index (χ4v) is 2.44. The first-order valence-electron chi connectivity index (χ1n) is 6.39. The third-order valence-electron chi connectivity index (χ3n) is 3.66. The van der Waals surface area contributed by atoms with Gasteiger partial charge in [-0.15, -0.1) is 0 Å². The van der Waals surface area contributed by atoms with Crippen molar-refractivity contribution < 1.29 is 9.13 Å². The van der Waals surface area contributed by atoms with E-state index in [1.54, 1.807) is 12.1 Å². The maximum atomic E-state index is 14.0. The van der Waals surface area contributed by atoms with E-state index in [0.717, 1.165) is 0 Å². The Hall–Kier alpha value is -1.13. The molecule has 0 radical (unpaired) electrons. The van der Waals surface area contributed by atoms with Gasteiger partial charge in [0.05, 0.1) is 7.11 Å². The second kappa shape index (κ2) is 5.67. The molecule has 0 amide bonds. The number of ether oxygens (including phenoxy) is 1. The molecule has 18 heavy (non-hydrogen) atoms. The van der Waals surface area contributed by atoms with Gasteiger partial charge in [-0.05, 0) is 31.9 Å². The molecule has 1 aromatic rings. The number of nitrogens with two attached hydrogens (primary N) is 1. The minimum Gasteiger partial charge on any atom is -0.494 e. The predicted octanol–water partition coefficient (Wildman–Crippen LogP) is 2.00. The molecule has 2 N–H and O–H groups in total. The first kappa shape index (κ1) is 13.3. The molecule has 0 aromatic heterocycles. The van der Waals surface area contributed by atoms with Crippen LogP contribution < -0.4 is 10.5 Å². The van der Waals surface area contributed by atoms with Crippen LogP contribution >= 0.6 is 0 Å². The van der Waals surface area contributed by atoms with Crippen LogP contribution in [0.4, 0.5) is 4.39 Å². The highest BCUT2D eigenvalue weighted by Gasteiger charge is 2.33. The van der Waals surface area contributed by atoms with Gasteiger partial charge in [0.15, 0.2) is 11.6 Å². The number of halogens is 1. The molecular weight excluding hydrogens is 231 g/mol. The number of hydrogen-bond donors (Lipinski definition) is 1. The van der Waals surface area contributed by atoms with Crippen LogP contribution in [0, 0.1) is 11.7 Å². The second-order valence-electron chi connectivity index (χ2n) is 4.99. The highest BCUT2D eigenvalue weighted by molar-refractivity contribution is 5.31. The maximum absolute atomic E-state index is 14.0. The van der Waals surface area contributed by atoms with E-state index in [1.807, 2.05) is 13.1 Å². The van der Waals surface area contributed by atoms with Crippen LogP contribution in [-0.4, -0.2) is 31.6 Å². The average molecular weight is 252 g/mol. The van der Waals surface area contributed by atoms with Crippen molar-refractivity contribution in [2.45, 2.75) is 25.4 Å². The molecule has 0 saturated heterocycles. The van der Waals surface area contributed by atoms with E-state index in [4.69, 9.17) is 10.5 Å². The largest absolute Gasteiger partial charge is 0.494 e. The number of methoxy groups -OCH3 is 1. The van der Waals surface area contributed by atoms with Gasteiger partial charge in [0, 0.05) is 24.7 Å². The van der Waals surface area contributed by atoms with Crippen LogP contribution in [0.25, 0.3) is 0 Å². The summed E-state index contributed by atoms with van der Waals surface area (Å²) in [5, 5.41) is 0. The molecule has 4 heteroatoms. The SMILES string of the molecule is COc1cccc(CN(C)C(CN)C2CC2)c1F. The van der Waals surface area contributed by atoms with Crippen molar-refractivity contribution >= 4 is 0 Å². The molecule has 1 fully saturated rings. The topological polar surface area (TPSA) is 38.5 Å². The number of hydrogen-bond acceptors (Lipinski definition) is 3. The summed E-state index contributed by atoms with van der Waals surface area (Å²) in [5.41, 5.74) is 6.47. The van der Waals surface area contributed by atoms with Crippen LogP contribution in [0.2, 0.25) is 0 Å². The lowest BCUT2D eigenvalue weighted by atomic mass is 10.1. The fraction of sp³-hybridized carbons (Fsp3) is 0.571. The highest BCUT2D eigenvalue weighted by atomic mass is 19.1. The molecule has 1 aliphatic rings. The standard InChI is InChI=1S/C14H21FN2O/c1-17(12(8-16)10-6-7-10)9-11-4-3-5-13(18-2)14(11)15/h3-5,10,12H,6-9,16H2,1-2H3. The zero-order chi connectivity index (χ0) is 13.1. The van der Waals surface area contributed by atoms with Gasteiger partial charge in [-0.2, -0.15) is 0 Å². The van der Waals surface area contributed by atoms with Crippen LogP contribution in [0.5, 0.6) is 5.75 Å². The van der Waals surface area contributed by atoms with Gasteiger partial charge in [0.25, 0.3) is 0 Å². The quantitative estimate of drug-likeness (QED) is 0.841. The van der Waals surface area contributed by atoms with Gasteiger partial charge in [0.1, 0.15) is 0 Å². The van der Waals surface area contributed by atoms with Gasteiger partial charge < -0.3 is 10.5 Å². The van der Waals surface area contributed by atoms with Gasteiger partial charge >= 0.3 is 0 Å². The first-order valence-corrected chi connectivity index (χ1v) is 6.39. The number of benzene rings is 1. The summed E-state index contributed by atoms with van der Waals surface area (Å²) in [6.07, 6.45) is 2.49. The molecule has 0 aliphatic heterocycles. The Bertz CT molecular complexity index is 407. The predicted molar refractivity (Wildman–Crippen MR) is 70.0 cm³/mol. The Balaban J connectivity index is 2.08. The monoisotopic (exact) mass is 252 g/mol. The van der Waals surface area contributed by atoms with Gasteiger partial charge in [-0.3, -0.25) is 4.90 Å². The summed E-state index contributed by atoms with van der Waals surface area (Å²) >= 11 is 0. The van der Waals surface area contributed by atoms with E-state index in [-0.39, 0.29) is 5.82 Å². The zero-order valence-electron chi connectivity index (χ0n) is 11.0. The van der Waals surface area contributed by atoms with Crippen molar-refractivity contribution in [2.75, 3.05) is 20.7 Å². The molecule has 0 heterocycles. The van der Waals surface area contributed by atoms with Crippen LogP contribution in [0.1, 0.15) is 18.4 Å². The lowest BCUT2D eigenvalue weighted by Crippen LogP contribution is -2.39. The first-order chi connectivity index (χ1) is 8.67. The molecule has 1 aromatic carbocycles. The molecule has 1 saturated carbocycles. The van der Waals surface area contributed by atoms with Crippen LogP contribution in [0.15, 0.2) is 18.2 Å². The number of rotatable bonds is 6. The van der Waals surface area contributed by atoms with E-state index < -0.39 is 0 Å². The average Bonchev–Trinajstić information content (AvgIpc) is 3.17. The molecule has 1 unspecified atom stereocenters. The molecule has 0 spiro atoms. The van der Waals surface area contributed by atoms with E-state index in [2.05, 4.69) is 4.90 Å². The molecule has 100 valence electrons. The van der Waals surface area contributed by atoms with Gasteiger partial charge in [0.2, 0.25) is 0 Å². The maximum Gasteiger partial charge on any atom is 0.169 e. The fourth-order valence-electron chi connectivity index (χ4n) is 2.44. The van der Waals surface area contributed by atoms with E-state index in [0.29, 0.717) is 36.4 Å². The second-order valence-corrected chi connectivity index (χ2v) is 4.99. The van der Waals surface area contributed by atoms with Crippen LogP contribution in [-0.2, 0) is 6.54 Å². The Morgan fingerprint density at radius 1 is 1.50 bits per heavy atom. The lowest BCUT2D eigenvalue weighted by Gasteiger charge is -2.27. The molecule has 0 bridgehead atoms. The summed E-state index contributed by atoms with van der Waals surface area (Å²) in [4.78, 5) is 2.15. The summed E-state index contributed by atoms with van der Waals surface area (Å²) < 4.78 is 19.0. The Morgan fingerprint density at radius 2 is 2.22 bits per heavy atom. The van der Waals surface area contributed by atoms with E-state index in [1.165, 1.54) is 20.0 Å². The molecule has 2 rings (SSSR count).